The topological polar surface area (TPSA) is 49.3 Å². The highest BCUT2D eigenvalue weighted by Gasteiger charge is 2.22. The number of hydrogen-bond donors (Lipinski definition) is 2. The first kappa shape index (κ1) is 22.6. The number of carbonyl (C=O) groups excluding carboxylic acids is 1. The average Bonchev–Trinajstić information content (AvgIpc) is 2.64. The van der Waals surface area contributed by atoms with Crippen LogP contribution in [0, 0.1) is 29.3 Å². The summed E-state index contributed by atoms with van der Waals surface area (Å²) >= 11 is 7.60. The molecule has 2 rings (SSSR count). The number of aliphatic hydroxyl groups is 1. The molecule has 0 aliphatic rings. The average molecular weight is 432 g/mol. The SMILES string of the molecule is CC(C)C(C)C(CO)Sc1cc(C(=O)Nc2cc(F)c(F)c(F)c2)ccc1Cl. The highest BCUT2D eigenvalue weighted by Crippen LogP contribution is 2.36. The van der Waals surface area contributed by atoms with Crippen LogP contribution < -0.4 is 5.32 Å². The van der Waals surface area contributed by atoms with Crippen molar-refractivity contribution in [3.05, 3.63) is 58.4 Å². The maximum atomic E-state index is 13.3. The fourth-order valence-corrected chi connectivity index (χ4v) is 4.03. The van der Waals surface area contributed by atoms with E-state index in [0.717, 1.165) is 0 Å². The largest absolute Gasteiger partial charge is 0.395 e. The minimum Gasteiger partial charge on any atom is -0.395 e. The Morgan fingerprint density at radius 3 is 2.29 bits per heavy atom. The van der Waals surface area contributed by atoms with E-state index < -0.39 is 23.4 Å². The van der Waals surface area contributed by atoms with Gasteiger partial charge in [0, 0.05) is 33.5 Å². The van der Waals surface area contributed by atoms with Crippen molar-refractivity contribution < 1.29 is 23.1 Å². The number of amides is 1. The summed E-state index contributed by atoms with van der Waals surface area (Å²) < 4.78 is 39.7. The molecule has 2 unspecified atom stereocenters. The number of carbonyl (C=O) groups is 1. The third-order valence-electron chi connectivity index (χ3n) is 4.53. The molecule has 0 radical (unpaired) electrons. The van der Waals surface area contributed by atoms with Crippen molar-refractivity contribution in [3.63, 3.8) is 0 Å². The van der Waals surface area contributed by atoms with Gasteiger partial charge in [0.1, 0.15) is 0 Å². The van der Waals surface area contributed by atoms with Gasteiger partial charge >= 0.3 is 0 Å². The molecule has 0 aromatic heterocycles. The maximum absolute atomic E-state index is 13.3. The van der Waals surface area contributed by atoms with Gasteiger partial charge in [-0.05, 0) is 30.0 Å². The number of benzene rings is 2. The van der Waals surface area contributed by atoms with E-state index in [-0.39, 0.29) is 29.0 Å². The Kier molecular flexibility index (Phi) is 7.80. The van der Waals surface area contributed by atoms with Gasteiger partial charge in [0.25, 0.3) is 5.91 Å². The molecule has 2 aromatic rings. The molecule has 1 amide bonds. The Bertz CT molecular complexity index is 840. The molecule has 2 aromatic carbocycles. The number of anilines is 1. The van der Waals surface area contributed by atoms with Crippen LogP contribution in [0.5, 0.6) is 0 Å². The first-order chi connectivity index (χ1) is 13.1. The van der Waals surface area contributed by atoms with E-state index in [1.165, 1.54) is 17.8 Å². The number of rotatable bonds is 7. The zero-order valence-electron chi connectivity index (χ0n) is 15.6. The number of halogens is 4. The van der Waals surface area contributed by atoms with E-state index in [4.69, 9.17) is 11.6 Å². The number of aliphatic hydroxyl groups excluding tert-OH is 1. The van der Waals surface area contributed by atoms with Crippen LogP contribution in [0.25, 0.3) is 0 Å². The molecule has 2 N–H and O–H groups in total. The number of nitrogens with one attached hydrogen (secondary N) is 1. The van der Waals surface area contributed by atoms with Crippen molar-refractivity contribution in [3.8, 4) is 0 Å². The lowest BCUT2D eigenvalue weighted by Gasteiger charge is -2.25. The summed E-state index contributed by atoms with van der Waals surface area (Å²) in [6.45, 7) is 6.09. The second-order valence-electron chi connectivity index (χ2n) is 6.80. The van der Waals surface area contributed by atoms with E-state index in [2.05, 4.69) is 19.2 Å². The molecule has 0 aliphatic carbocycles. The summed E-state index contributed by atoms with van der Waals surface area (Å²) in [7, 11) is 0. The third-order valence-corrected chi connectivity index (χ3v) is 6.45. The lowest BCUT2D eigenvalue weighted by atomic mass is 9.95. The van der Waals surface area contributed by atoms with E-state index in [1.54, 1.807) is 12.1 Å². The highest BCUT2D eigenvalue weighted by atomic mass is 35.5. The summed E-state index contributed by atoms with van der Waals surface area (Å²) in [4.78, 5) is 13.0. The van der Waals surface area contributed by atoms with Crippen LogP contribution >= 0.6 is 23.4 Å². The van der Waals surface area contributed by atoms with E-state index in [1.807, 2.05) is 6.92 Å². The molecule has 28 heavy (non-hydrogen) atoms. The van der Waals surface area contributed by atoms with Gasteiger partial charge in [-0.15, -0.1) is 11.8 Å². The summed E-state index contributed by atoms with van der Waals surface area (Å²) in [6.07, 6.45) is 0. The van der Waals surface area contributed by atoms with Gasteiger partial charge in [-0.3, -0.25) is 4.79 Å². The summed E-state index contributed by atoms with van der Waals surface area (Å²) in [5.41, 5.74) is 0.0122. The Labute approximate surface area is 171 Å². The fourth-order valence-electron chi connectivity index (χ4n) is 2.47. The quantitative estimate of drug-likeness (QED) is 0.433. The fraction of sp³-hybridized carbons (Fsp3) is 0.350. The predicted molar refractivity (Wildman–Crippen MR) is 106 cm³/mol. The second-order valence-corrected chi connectivity index (χ2v) is 8.48. The van der Waals surface area contributed by atoms with Crippen LogP contribution in [-0.2, 0) is 0 Å². The van der Waals surface area contributed by atoms with E-state index in [0.29, 0.717) is 28.0 Å². The molecule has 0 heterocycles. The Hall–Kier alpha value is -1.70. The van der Waals surface area contributed by atoms with Crippen molar-refractivity contribution in [2.75, 3.05) is 11.9 Å². The molecule has 0 fully saturated rings. The standard InChI is InChI=1S/C20H21ClF3NO2S/c1-10(2)11(3)18(9-26)28-17-6-12(4-5-14(17)21)20(27)25-13-7-15(22)19(24)16(23)8-13/h4-8,10-11,18,26H,9H2,1-3H3,(H,25,27). The maximum Gasteiger partial charge on any atom is 0.255 e. The van der Waals surface area contributed by atoms with Crippen LogP contribution in [0.3, 0.4) is 0 Å². The van der Waals surface area contributed by atoms with Crippen molar-refractivity contribution in [2.45, 2.75) is 30.9 Å². The minimum atomic E-state index is -1.60. The Balaban J connectivity index is 2.23. The van der Waals surface area contributed by atoms with Crippen molar-refractivity contribution in [1.29, 1.82) is 0 Å². The van der Waals surface area contributed by atoms with Gasteiger partial charge in [0.05, 0.1) is 11.6 Å². The molecule has 0 saturated heterocycles. The van der Waals surface area contributed by atoms with Crippen LogP contribution in [-0.4, -0.2) is 22.9 Å². The van der Waals surface area contributed by atoms with E-state index in [9.17, 15) is 23.1 Å². The monoisotopic (exact) mass is 431 g/mol. The Morgan fingerprint density at radius 2 is 1.75 bits per heavy atom. The van der Waals surface area contributed by atoms with Crippen molar-refractivity contribution in [2.24, 2.45) is 11.8 Å². The van der Waals surface area contributed by atoms with Crippen LogP contribution in [0.15, 0.2) is 35.2 Å². The lowest BCUT2D eigenvalue weighted by molar-refractivity contribution is 0.102. The van der Waals surface area contributed by atoms with Crippen molar-refractivity contribution in [1.82, 2.24) is 0 Å². The van der Waals surface area contributed by atoms with Crippen molar-refractivity contribution >= 4 is 35.0 Å². The molecule has 0 spiro atoms. The smallest absolute Gasteiger partial charge is 0.255 e. The number of thioether (sulfide) groups is 1. The molecule has 8 heteroatoms. The molecular weight excluding hydrogens is 411 g/mol. The van der Waals surface area contributed by atoms with Gasteiger partial charge in [-0.1, -0.05) is 32.4 Å². The highest BCUT2D eigenvalue weighted by molar-refractivity contribution is 8.00. The summed E-state index contributed by atoms with van der Waals surface area (Å²) in [5.74, 6) is -4.46. The van der Waals surface area contributed by atoms with Gasteiger partial charge in [-0.2, -0.15) is 0 Å². The van der Waals surface area contributed by atoms with E-state index >= 15 is 0 Å². The Morgan fingerprint density at radius 1 is 1.14 bits per heavy atom. The normalized spacial score (nSPS) is 13.5. The van der Waals surface area contributed by atoms with Crippen LogP contribution in [0.2, 0.25) is 5.02 Å². The van der Waals surface area contributed by atoms with Crippen LogP contribution in [0.1, 0.15) is 31.1 Å². The zero-order valence-corrected chi connectivity index (χ0v) is 17.2. The lowest BCUT2D eigenvalue weighted by Crippen LogP contribution is -2.23. The first-order valence-corrected chi connectivity index (χ1v) is 9.92. The molecule has 2 atom stereocenters. The molecule has 152 valence electrons. The zero-order chi connectivity index (χ0) is 21.0. The molecule has 0 saturated carbocycles. The summed E-state index contributed by atoms with van der Waals surface area (Å²) in [6, 6.07) is 5.97. The summed E-state index contributed by atoms with van der Waals surface area (Å²) in [5, 5.41) is 12.3. The predicted octanol–water partition coefficient (Wildman–Crippen LogP) is 5.75. The minimum absolute atomic E-state index is 0.0507. The molecule has 3 nitrogen and oxygen atoms in total. The molecule has 0 aliphatic heterocycles. The number of hydrogen-bond acceptors (Lipinski definition) is 3. The molecular formula is C20H21ClF3NO2S. The van der Waals surface area contributed by atoms with Gasteiger partial charge in [-0.25, -0.2) is 13.2 Å². The van der Waals surface area contributed by atoms with Crippen LogP contribution in [0.4, 0.5) is 18.9 Å². The third kappa shape index (κ3) is 5.43. The van der Waals surface area contributed by atoms with Gasteiger partial charge in [0.15, 0.2) is 17.5 Å². The molecule has 0 bridgehead atoms. The second kappa shape index (κ2) is 9.67. The first-order valence-electron chi connectivity index (χ1n) is 8.67. The van der Waals surface area contributed by atoms with Gasteiger partial charge in [0.2, 0.25) is 0 Å². The van der Waals surface area contributed by atoms with Gasteiger partial charge < -0.3 is 10.4 Å².